The van der Waals surface area contributed by atoms with Crippen molar-refractivity contribution in [2.75, 3.05) is 56.6 Å². The number of ether oxygens (including phenoxy) is 3. The van der Waals surface area contributed by atoms with Crippen LogP contribution in [0.25, 0.3) is 11.1 Å². The van der Waals surface area contributed by atoms with E-state index in [9.17, 15) is 10.1 Å². The molecule has 2 aromatic heterocycles. The fraction of sp³-hybridized carbons (Fsp3) is 0.472. The number of aromatic nitrogens is 6. The number of nitrogens with zero attached hydrogens (tertiary/aromatic N) is 10. The number of anilines is 3. The van der Waals surface area contributed by atoms with Gasteiger partial charge in [-0.15, -0.1) is 5.10 Å². The zero-order chi connectivity index (χ0) is 36.0. The molecule has 2 aromatic carbocycles. The normalized spacial score (nSPS) is 16.3. The molecule has 6 rings (SSSR count). The third kappa shape index (κ3) is 9.01. The number of hydrogen-bond acceptors (Lipinski definition) is 13. The van der Waals surface area contributed by atoms with Crippen LogP contribution >= 0.6 is 0 Å². The fourth-order valence-electron chi connectivity index (χ4n) is 6.40. The van der Waals surface area contributed by atoms with Gasteiger partial charge in [-0.25, -0.2) is 19.4 Å². The maximum atomic E-state index is 12.5. The molecule has 268 valence electrons. The van der Waals surface area contributed by atoms with Crippen LogP contribution in [0.4, 0.5) is 22.1 Å². The van der Waals surface area contributed by atoms with Crippen LogP contribution in [0.15, 0.2) is 55.1 Å². The Morgan fingerprint density at radius 3 is 2.39 bits per heavy atom. The topological polar surface area (TPSA) is 160 Å². The van der Waals surface area contributed by atoms with E-state index >= 15 is 0 Å². The SMILES string of the molecule is COc1cc(N2CCC(N3CCN(C(=O)OC(C)(C)C)CC3)CC2)ccc1Nc1ncc(-c2ccc(C#N)c(OC(C)Cn3cnnn3)c2)cn1. The molecule has 0 radical (unpaired) electrons. The molecule has 0 bridgehead atoms. The molecule has 1 unspecified atom stereocenters. The molecule has 1 N–H and O–H groups in total. The highest BCUT2D eigenvalue weighted by Crippen LogP contribution is 2.34. The number of piperidine rings is 1. The summed E-state index contributed by atoms with van der Waals surface area (Å²) in [5.74, 6) is 1.59. The summed E-state index contributed by atoms with van der Waals surface area (Å²) >= 11 is 0. The number of carbonyl (C=O) groups is 1. The lowest BCUT2D eigenvalue weighted by Gasteiger charge is -2.43. The van der Waals surface area contributed by atoms with E-state index in [0.717, 1.165) is 61.5 Å². The Morgan fingerprint density at radius 1 is 1.00 bits per heavy atom. The van der Waals surface area contributed by atoms with E-state index in [2.05, 4.69) is 58.8 Å². The van der Waals surface area contributed by atoms with Crippen molar-refractivity contribution in [2.24, 2.45) is 0 Å². The Labute approximate surface area is 298 Å². The van der Waals surface area contributed by atoms with Crippen LogP contribution in [0.1, 0.15) is 46.1 Å². The molecule has 2 fully saturated rings. The average molecular weight is 696 g/mol. The molecule has 0 saturated carbocycles. The molecule has 1 atom stereocenters. The molecule has 0 spiro atoms. The lowest BCUT2D eigenvalue weighted by atomic mass is 10.0. The molecular formula is C36H45N11O4. The van der Waals surface area contributed by atoms with Crippen molar-refractivity contribution in [3.8, 4) is 28.7 Å². The first kappa shape index (κ1) is 35.3. The van der Waals surface area contributed by atoms with Crippen molar-refractivity contribution in [1.29, 1.82) is 5.26 Å². The van der Waals surface area contributed by atoms with Gasteiger partial charge >= 0.3 is 6.09 Å². The number of hydrogen-bond donors (Lipinski definition) is 1. The predicted molar refractivity (Wildman–Crippen MR) is 191 cm³/mol. The van der Waals surface area contributed by atoms with Gasteiger partial charge in [0.05, 0.1) is 24.9 Å². The van der Waals surface area contributed by atoms with Gasteiger partial charge in [-0.3, -0.25) is 4.90 Å². The van der Waals surface area contributed by atoms with Crippen LogP contribution in [0.2, 0.25) is 0 Å². The summed E-state index contributed by atoms with van der Waals surface area (Å²) in [7, 11) is 1.66. The Bertz CT molecular complexity index is 1810. The number of methoxy groups -OCH3 is 1. The molecule has 15 heteroatoms. The number of amides is 1. The molecule has 2 saturated heterocycles. The molecule has 1 amide bonds. The van der Waals surface area contributed by atoms with Crippen molar-refractivity contribution < 1.29 is 19.0 Å². The zero-order valence-electron chi connectivity index (χ0n) is 29.8. The minimum absolute atomic E-state index is 0.222. The highest BCUT2D eigenvalue weighted by Gasteiger charge is 2.31. The number of nitriles is 1. The Kier molecular flexibility index (Phi) is 10.8. The van der Waals surface area contributed by atoms with Crippen molar-refractivity contribution in [2.45, 2.75) is 64.8 Å². The maximum absolute atomic E-state index is 12.5. The fourth-order valence-corrected chi connectivity index (χ4v) is 6.40. The van der Waals surface area contributed by atoms with Crippen LogP contribution in [0, 0.1) is 11.3 Å². The van der Waals surface area contributed by atoms with Gasteiger partial charge in [0.1, 0.15) is 35.6 Å². The van der Waals surface area contributed by atoms with E-state index in [1.807, 2.05) is 50.8 Å². The van der Waals surface area contributed by atoms with Gasteiger partial charge in [0.25, 0.3) is 0 Å². The molecule has 4 heterocycles. The molecule has 2 aliphatic heterocycles. The Hall–Kier alpha value is -5.49. The third-order valence-corrected chi connectivity index (χ3v) is 8.99. The van der Waals surface area contributed by atoms with Gasteiger partial charge in [-0.2, -0.15) is 5.26 Å². The second kappa shape index (κ2) is 15.6. The average Bonchev–Trinajstić information content (AvgIpc) is 3.64. The number of carbonyl (C=O) groups excluding carboxylic acids is 1. The van der Waals surface area contributed by atoms with E-state index in [1.165, 1.54) is 6.33 Å². The van der Waals surface area contributed by atoms with E-state index in [4.69, 9.17) is 14.2 Å². The zero-order valence-corrected chi connectivity index (χ0v) is 29.8. The van der Waals surface area contributed by atoms with E-state index in [0.29, 0.717) is 48.7 Å². The summed E-state index contributed by atoms with van der Waals surface area (Å²) in [6.07, 6.45) is 6.60. The quantitative estimate of drug-likeness (QED) is 0.243. The van der Waals surface area contributed by atoms with Crippen molar-refractivity contribution in [3.05, 3.63) is 60.7 Å². The number of tetrazole rings is 1. The van der Waals surface area contributed by atoms with Gasteiger partial charge in [-0.05, 0) is 80.8 Å². The summed E-state index contributed by atoms with van der Waals surface area (Å²) in [4.78, 5) is 28.3. The van der Waals surface area contributed by atoms with E-state index in [1.54, 1.807) is 30.3 Å². The molecule has 4 aromatic rings. The number of piperazine rings is 1. The summed E-state index contributed by atoms with van der Waals surface area (Å²) in [5.41, 5.74) is 3.41. The summed E-state index contributed by atoms with van der Waals surface area (Å²) < 4.78 is 19.0. The van der Waals surface area contributed by atoms with Gasteiger partial charge in [0.2, 0.25) is 5.95 Å². The largest absolute Gasteiger partial charge is 0.494 e. The predicted octanol–water partition coefficient (Wildman–Crippen LogP) is 4.74. The summed E-state index contributed by atoms with van der Waals surface area (Å²) in [5, 5.41) is 24.1. The second-order valence-corrected chi connectivity index (χ2v) is 13.8. The molecule has 0 aliphatic carbocycles. The number of nitrogens with one attached hydrogen (secondary N) is 1. The van der Waals surface area contributed by atoms with Gasteiger partial charge < -0.3 is 29.3 Å². The van der Waals surface area contributed by atoms with Gasteiger partial charge in [0.15, 0.2) is 0 Å². The smallest absolute Gasteiger partial charge is 0.410 e. The number of rotatable bonds is 10. The number of benzene rings is 2. The lowest BCUT2D eigenvalue weighted by molar-refractivity contribution is 0.00901. The van der Waals surface area contributed by atoms with Gasteiger partial charge in [-0.1, -0.05) is 6.07 Å². The van der Waals surface area contributed by atoms with Crippen molar-refractivity contribution in [1.82, 2.24) is 40.0 Å². The Morgan fingerprint density at radius 2 is 1.75 bits per heavy atom. The molecular weight excluding hydrogens is 650 g/mol. The third-order valence-electron chi connectivity index (χ3n) is 8.99. The highest BCUT2D eigenvalue weighted by atomic mass is 16.6. The standard InChI is InChI=1S/C36H45N11O4/c1-25(23-47-24-40-42-43-47)50-32-18-26(6-7-27(32)20-37)28-21-38-34(39-22-28)41-31-9-8-30(19-33(31)49-5)44-12-10-29(11-13-44)45-14-16-46(17-15-45)35(48)51-36(2,3)4/h6-9,18-19,21-22,24-25,29H,10-17,23H2,1-5H3,(H,38,39,41). The van der Waals surface area contributed by atoms with Crippen molar-refractivity contribution in [3.63, 3.8) is 0 Å². The maximum Gasteiger partial charge on any atom is 0.410 e. The van der Waals surface area contributed by atoms with Crippen molar-refractivity contribution >= 4 is 23.4 Å². The first-order chi connectivity index (χ1) is 24.6. The van der Waals surface area contributed by atoms with Crippen LogP contribution in [0.3, 0.4) is 0 Å². The lowest BCUT2D eigenvalue weighted by Crippen LogP contribution is -2.55. The molecule has 2 aliphatic rings. The minimum atomic E-state index is -0.480. The van der Waals surface area contributed by atoms with Crippen LogP contribution in [-0.4, -0.2) is 110 Å². The van der Waals surface area contributed by atoms with E-state index < -0.39 is 5.60 Å². The summed E-state index contributed by atoms with van der Waals surface area (Å²) in [6, 6.07) is 14.2. The first-order valence-corrected chi connectivity index (χ1v) is 17.2. The minimum Gasteiger partial charge on any atom is -0.494 e. The van der Waals surface area contributed by atoms with Crippen LogP contribution < -0.4 is 19.7 Å². The highest BCUT2D eigenvalue weighted by molar-refractivity contribution is 5.70. The Balaban J connectivity index is 1.03. The monoisotopic (exact) mass is 695 g/mol. The first-order valence-electron chi connectivity index (χ1n) is 17.2. The van der Waals surface area contributed by atoms with Crippen LogP contribution in [0.5, 0.6) is 11.5 Å². The summed E-state index contributed by atoms with van der Waals surface area (Å²) in [6.45, 7) is 13.0. The van der Waals surface area contributed by atoms with Gasteiger partial charge in [0, 0.05) is 75.0 Å². The van der Waals surface area contributed by atoms with Crippen LogP contribution in [-0.2, 0) is 11.3 Å². The molecule has 51 heavy (non-hydrogen) atoms. The second-order valence-electron chi connectivity index (χ2n) is 13.8. The van der Waals surface area contributed by atoms with E-state index in [-0.39, 0.29) is 12.2 Å². The molecule has 15 nitrogen and oxygen atoms in total.